The lowest BCUT2D eigenvalue weighted by Gasteiger charge is -2.35. The Morgan fingerprint density at radius 3 is 2.50 bits per heavy atom. The number of rotatable bonds is 2. The van der Waals surface area contributed by atoms with Gasteiger partial charge >= 0.3 is 0 Å². The molecule has 1 aromatic heterocycles. The third-order valence-electron chi connectivity index (χ3n) is 3.42. The van der Waals surface area contributed by atoms with E-state index in [1.807, 2.05) is 24.1 Å². The minimum absolute atomic E-state index is 0.101. The summed E-state index contributed by atoms with van der Waals surface area (Å²) >= 11 is 0. The highest BCUT2D eigenvalue weighted by Gasteiger charge is 2.26. The average molecular weight is 247 g/mol. The molecule has 98 valence electrons. The number of carbonyl (C=O) groups excluding carboxylic acids is 1. The molecule has 0 aromatic carbocycles. The molecule has 1 aliphatic heterocycles. The summed E-state index contributed by atoms with van der Waals surface area (Å²) in [4.78, 5) is 18.5. The molecule has 4 nitrogen and oxygen atoms in total. The zero-order chi connectivity index (χ0) is 13.1. The molecule has 0 radical (unpaired) electrons. The molecule has 2 atom stereocenters. The lowest BCUT2D eigenvalue weighted by Crippen LogP contribution is -2.42. The summed E-state index contributed by atoms with van der Waals surface area (Å²) in [5.74, 6) is 2.06. The summed E-state index contributed by atoms with van der Waals surface area (Å²) in [5, 5.41) is 2.95. The lowest BCUT2D eigenvalue weighted by atomic mass is 9.91. The third-order valence-corrected chi connectivity index (χ3v) is 3.42. The van der Waals surface area contributed by atoms with E-state index in [1.165, 1.54) is 6.42 Å². The van der Waals surface area contributed by atoms with Crippen LogP contribution in [0.4, 0.5) is 5.82 Å². The molecule has 2 rings (SSSR count). The van der Waals surface area contributed by atoms with Crippen LogP contribution in [0, 0.1) is 11.8 Å². The summed E-state index contributed by atoms with van der Waals surface area (Å²) in [7, 11) is 1.82. The Hall–Kier alpha value is -1.58. The molecule has 1 aliphatic rings. The number of carbonyl (C=O) groups is 1. The fourth-order valence-corrected chi connectivity index (χ4v) is 2.68. The first-order valence-electron chi connectivity index (χ1n) is 6.53. The number of likely N-dealkylation sites (tertiary alicyclic amines) is 1. The standard InChI is InChI=1S/C14H21N3O/c1-10-6-11(2)9-17(8-10)14(18)12-4-5-13(15-3)16-7-12/h4-5,7,10-11H,6,8-9H2,1-3H3,(H,15,16). The summed E-state index contributed by atoms with van der Waals surface area (Å²) in [6.45, 7) is 6.13. The van der Waals surface area contributed by atoms with Crippen LogP contribution in [0.1, 0.15) is 30.6 Å². The molecule has 0 aliphatic carbocycles. The van der Waals surface area contributed by atoms with Crippen molar-refractivity contribution in [2.24, 2.45) is 11.8 Å². The molecule has 0 bridgehead atoms. The van der Waals surface area contributed by atoms with Crippen molar-refractivity contribution in [1.29, 1.82) is 0 Å². The third kappa shape index (κ3) is 2.81. The van der Waals surface area contributed by atoms with E-state index in [4.69, 9.17) is 0 Å². The van der Waals surface area contributed by atoms with Gasteiger partial charge in [-0.25, -0.2) is 4.98 Å². The number of nitrogens with zero attached hydrogens (tertiary/aromatic N) is 2. The van der Waals surface area contributed by atoms with E-state index < -0.39 is 0 Å². The van der Waals surface area contributed by atoms with E-state index in [2.05, 4.69) is 24.1 Å². The molecule has 4 heteroatoms. The molecule has 2 unspecified atom stereocenters. The number of hydrogen-bond acceptors (Lipinski definition) is 3. The van der Waals surface area contributed by atoms with Crippen LogP contribution in [0.15, 0.2) is 18.3 Å². The Morgan fingerprint density at radius 2 is 2.00 bits per heavy atom. The monoisotopic (exact) mass is 247 g/mol. The molecule has 2 heterocycles. The van der Waals surface area contributed by atoms with Crippen LogP contribution in [-0.2, 0) is 0 Å². The van der Waals surface area contributed by atoms with Crippen molar-refractivity contribution in [2.45, 2.75) is 20.3 Å². The second-order valence-corrected chi connectivity index (χ2v) is 5.34. The molecule has 1 amide bonds. The number of anilines is 1. The van der Waals surface area contributed by atoms with Crippen LogP contribution < -0.4 is 5.32 Å². The van der Waals surface area contributed by atoms with Crippen molar-refractivity contribution in [3.05, 3.63) is 23.9 Å². The molecular formula is C14H21N3O. The van der Waals surface area contributed by atoms with Crippen molar-refractivity contribution in [2.75, 3.05) is 25.5 Å². The van der Waals surface area contributed by atoms with Crippen molar-refractivity contribution >= 4 is 11.7 Å². The van der Waals surface area contributed by atoms with Gasteiger partial charge in [0.15, 0.2) is 0 Å². The molecule has 1 aromatic rings. The number of pyridine rings is 1. The van der Waals surface area contributed by atoms with Crippen molar-refractivity contribution in [3.63, 3.8) is 0 Å². The van der Waals surface area contributed by atoms with Crippen LogP contribution in [0.25, 0.3) is 0 Å². The van der Waals surface area contributed by atoms with Crippen molar-refractivity contribution < 1.29 is 4.79 Å². The maximum absolute atomic E-state index is 12.4. The Kier molecular flexibility index (Phi) is 3.84. The second-order valence-electron chi connectivity index (χ2n) is 5.34. The van der Waals surface area contributed by atoms with Crippen LogP contribution in [0.5, 0.6) is 0 Å². The first-order valence-corrected chi connectivity index (χ1v) is 6.53. The number of amides is 1. The van der Waals surface area contributed by atoms with E-state index in [-0.39, 0.29) is 5.91 Å². The molecule has 0 saturated carbocycles. The fraction of sp³-hybridized carbons (Fsp3) is 0.571. The number of piperidine rings is 1. The van der Waals surface area contributed by atoms with Gasteiger partial charge in [-0.3, -0.25) is 4.79 Å². The van der Waals surface area contributed by atoms with Gasteiger partial charge in [-0.05, 0) is 30.4 Å². The van der Waals surface area contributed by atoms with Crippen LogP contribution in [0.2, 0.25) is 0 Å². The minimum atomic E-state index is 0.101. The van der Waals surface area contributed by atoms with E-state index in [0.29, 0.717) is 17.4 Å². The second kappa shape index (κ2) is 5.38. The zero-order valence-electron chi connectivity index (χ0n) is 11.3. The highest BCUT2D eigenvalue weighted by atomic mass is 16.2. The molecule has 1 saturated heterocycles. The van der Waals surface area contributed by atoms with E-state index in [0.717, 1.165) is 18.9 Å². The molecule has 0 spiro atoms. The predicted octanol–water partition coefficient (Wildman–Crippen LogP) is 2.24. The highest BCUT2D eigenvalue weighted by molar-refractivity contribution is 5.94. The van der Waals surface area contributed by atoms with E-state index >= 15 is 0 Å². The molecule has 18 heavy (non-hydrogen) atoms. The average Bonchev–Trinajstić information content (AvgIpc) is 2.37. The quantitative estimate of drug-likeness (QED) is 0.871. The van der Waals surface area contributed by atoms with Crippen LogP contribution in [0.3, 0.4) is 0 Å². The van der Waals surface area contributed by atoms with Crippen LogP contribution in [-0.4, -0.2) is 35.9 Å². The normalized spacial score (nSPS) is 23.8. The van der Waals surface area contributed by atoms with Gasteiger partial charge in [0.05, 0.1) is 5.56 Å². The Bertz CT molecular complexity index is 406. The van der Waals surface area contributed by atoms with Gasteiger partial charge in [0.1, 0.15) is 5.82 Å². The molecular weight excluding hydrogens is 226 g/mol. The Balaban J connectivity index is 2.09. The fourth-order valence-electron chi connectivity index (χ4n) is 2.68. The summed E-state index contributed by atoms with van der Waals surface area (Å²) in [6.07, 6.45) is 2.86. The van der Waals surface area contributed by atoms with Gasteiger partial charge in [-0.1, -0.05) is 13.8 Å². The van der Waals surface area contributed by atoms with Crippen molar-refractivity contribution in [1.82, 2.24) is 9.88 Å². The minimum Gasteiger partial charge on any atom is -0.373 e. The van der Waals surface area contributed by atoms with Gasteiger partial charge in [-0.15, -0.1) is 0 Å². The Labute approximate surface area is 108 Å². The summed E-state index contributed by atoms with van der Waals surface area (Å²) in [5.41, 5.74) is 0.676. The van der Waals surface area contributed by atoms with E-state index in [1.54, 1.807) is 6.20 Å². The zero-order valence-corrected chi connectivity index (χ0v) is 11.3. The summed E-state index contributed by atoms with van der Waals surface area (Å²) < 4.78 is 0. The first kappa shape index (κ1) is 12.9. The topological polar surface area (TPSA) is 45.2 Å². The van der Waals surface area contributed by atoms with Gasteiger partial charge in [0.25, 0.3) is 5.91 Å². The first-order chi connectivity index (χ1) is 8.60. The maximum Gasteiger partial charge on any atom is 0.255 e. The van der Waals surface area contributed by atoms with Gasteiger partial charge < -0.3 is 10.2 Å². The highest BCUT2D eigenvalue weighted by Crippen LogP contribution is 2.22. The molecule has 1 fully saturated rings. The Morgan fingerprint density at radius 1 is 1.33 bits per heavy atom. The largest absolute Gasteiger partial charge is 0.373 e. The number of hydrogen-bond donors (Lipinski definition) is 1. The van der Waals surface area contributed by atoms with Gasteiger partial charge in [-0.2, -0.15) is 0 Å². The predicted molar refractivity (Wildman–Crippen MR) is 72.6 cm³/mol. The van der Waals surface area contributed by atoms with Gasteiger partial charge in [0, 0.05) is 26.3 Å². The number of aromatic nitrogens is 1. The van der Waals surface area contributed by atoms with E-state index in [9.17, 15) is 4.79 Å². The SMILES string of the molecule is CNc1ccc(C(=O)N2CC(C)CC(C)C2)cn1. The van der Waals surface area contributed by atoms with Gasteiger partial charge in [0.2, 0.25) is 0 Å². The van der Waals surface area contributed by atoms with Crippen molar-refractivity contribution in [3.8, 4) is 0 Å². The maximum atomic E-state index is 12.4. The number of nitrogens with one attached hydrogen (secondary N) is 1. The lowest BCUT2D eigenvalue weighted by molar-refractivity contribution is 0.0623. The van der Waals surface area contributed by atoms with Crippen LogP contribution >= 0.6 is 0 Å². The molecule has 1 N–H and O–H groups in total. The summed E-state index contributed by atoms with van der Waals surface area (Å²) in [6, 6.07) is 3.68. The smallest absolute Gasteiger partial charge is 0.255 e.